The Hall–Kier alpha value is -3.09. The van der Waals surface area contributed by atoms with E-state index >= 15 is 0 Å². The molecule has 2 aromatic heterocycles. The van der Waals surface area contributed by atoms with E-state index < -0.39 is 5.97 Å². The number of nitrogens with one attached hydrogen (secondary N) is 1. The number of hydrogen-bond acceptors (Lipinski definition) is 4. The molecule has 0 fully saturated rings. The molecule has 8 heteroatoms. The van der Waals surface area contributed by atoms with Crippen LogP contribution in [0.15, 0.2) is 72.4 Å². The number of hydrogen-bond donors (Lipinski definition) is 1. The Morgan fingerprint density at radius 3 is 2.79 bits per heavy atom. The molecule has 0 aliphatic heterocycles. The van der Waals surface area contributed by atoms with Gasteiger partial charge in [-0.1, -0.05) is 46.6 Å². The Kier molecular flexibility index (Phi) is 5.14. The fraction of sp³-hybridized carbons (Fsp3) is 0.0500. The molecule has 0 bridgehead atoms. The van der Waals surface area contributed by atoms with E-state index in [-0.39, 0.29) is 0 Å². The van der Waals surface area contributed by atoms with Crippen LogP contribution in [0.4, 0.5) is 0 Å². The minimum absolute atomic E-state index is 0.314. The van der Waals surface area contributed by atoms with Crippen LogP contribution >= 0.6 is 23.2 Å². The molecule has 0 amide bonds. The van der Waals surface area contributed by atoms with Gasteiger partial charge in [-0.15, -0.1) is 0 Å². The van der Waals surface area contributed by atoms with E-state index in [9.17, 15) is 4.79 Å². The summed E-state index contributed by atoms with van der Waals surface area (Å²) in [6.07, 6.45) is 5.06. The maximum absolute atomic E-state index is 12.5. The smallest absolute Gasteiger partial charge is 0.349 e. The molecule has 0 aliphatic carbocycles. The third kappa shape index (κ3) is 3.93. The predicted molar refractivity (Wildman–Crippen MR) is 109 cm³/mol. The molecule has 0 saturated heterocycles. The Balaban J connectivity index is 1.63. The highest BCUT2D eigenvalue weighted by atomic mass is 35.5. The van der Waals surface area contributed by atoms with E-state index in [1.807, 2.05) is 24.3 Å². The molecule has 0 spiro atoms. The number of aromatic nitrogens is 3. The normalized spacial score (nSPS) is 11.7. The third-order valence-corrected chi connectivity index (χ3v) is 4.67. The van der Waals surface area contributed by atoms with Crippen LogP contribution in [0.3, 0.4) is 0 Å². The quantitative estimate of drug-likeness (QED) is 0.286. The molecule has 0 aliphatic rings. The van der Waals surface area contributed by atoms with Crippen LogP contribution in [0.1, 0.15) is 16.1 Å². The maximum Gasteiger partial charge on any atom is 0.381 e. The van der Waals surface area contributed by atoms with Crippen molar-refractivity contribution in [2.24, 2.45) is 5.16 Å². The largest absolute Gasteiger partial charge is 0.381 e. The van der Waals surface area contributed by atoms with E-state index in [0.29, 0.717) is 33.6 Å². The number of benzene rings is 2. The number of para-hydroxylation sites is 1. The average Bonchev–Trinajstić information content (AvgIpc) is 3.34. The first-order chi connectivity index (χ1) is 13.6. The third-order valence-electron chi connectivity index (χ3n) is 4.12. The second kappa shape index (κ2) is 7.88. The van der Waals surface area contributed by atoms with Crippen molar-refractivity contribution in [2.75, 3.05) is 0 Å². The number of imidazole rings is 1. The topological polar surface area (TPSA) is 72.3 Å². The van der Waals surface area contributed by atoms with Crippen molar-refractivity contribution in [3.8, 4) is 0 Å². The summed E-state index contributed by atoms with van der Waals surface area (Å²) in [5, 5.41) is 5.91. The van der Waals surface area contributed by atoms with Crippen molar-refractivity contribution in [2.45, 2.75) is 6.54 Å². The molecule has 0 unspecified atom stereocenters. The summed E-state index contributed by atoms with van der Waals surface area (Å²) in [5.41, 5.74) is 2.24. The fourth-order valence-electron chi connectivity index (χ4n) is 2.77. The fourth-order valence-corrected chi connectivity index (χ4v) is 3.29. The van der Waals surface area contributed by atoms with Crippen molar-refractivity contribution in [1.82, 2.24) is 14.5 Å². The van der Waals surface area contributed by atoms with Gasteiger partial charge in [0.1, 0.15) is 11.4 Å². The number of fused-ring (bicyclic) bond motifs is 1. The second-order valence-corrected chi connectivity index (χ2v) is 6.89. The molecule has 0 atom stereocenters. The molecule has 140 valence electrons. The molecule has 0 radical (unpaired) electrons. The minimum atomic E-state index is -0.593. The lowest BCUT2D eigenvalue weighted by molar-refractivity contribution is 0.0509. The summed E-state index contributed by atoms with van der Waals surface area (Å²) < 4.78 is 1.79. The molecule has 28 heavy (non-hydrogen) atoms. The van der Waals surface area contributed by atoms with E-state index in [1.165, 1.54) is 0 Å². The van der Waals surface area contributed by atoms with Crippen LogP contribution < -0.4 is 0 Å². The molecule has 4 rings (SSSR count). The van der Waals surface area contributed by atoms with Gasteiger partial charge < -0.3 is 14.4 Å². The first kappa shape index (κ1) is 18.3. The van der Waals surface area contributed by atoms with E-state index in [4.69, 9.17) is 28.0 Å². The molecule has 2 heterocycles. The Bertz CT molecular complexity index is 1130. The zero-order valence-corrected chi connectivity index (χ0v) is 16.0. The Morgan fingerprint density at radius 2 is 2.04 bits per heavy atom. The van der Waals surface area contributed by atoms with Gasteiger partial charge in [-0.05, 0) is 30.3 Å². The molecule has 0 saturated carbocycles. The summed E-state index contributed by atoms with van der Waals surface area (Å²) in [7, 11) is 0. The Labute approximate surface area is 170 Å². The van der Waals surface area contributed by atoms with E-state index in [2.05, 4.69) is 15.1 Å². The summed E-state index contributed by atoms with van der Waals surface area (Å²) in [6.45, 7) is 0.321. The summed E-state index contributed by atoms with van der Waals surface area (Å²) in [4.78, 5) is 24.7. The van der Waals surface area contributed by atoms with E-state index in [1.54, 1.807) is 47.6 Å². The number of nitrogens with zero attached hydrogens (tertiary/aromatic N) is 3. The molecular weight excluding hydrogens is 399 g/mol. The van der Waals surface area contributed by atoms with Crippen LogP contribution in [0.5, 0.6) is 0 Å². The van der Waals surface area contributed by atoms with Crippen molar-refractivity contribution in [3.05, 3.63) is 88.6 Å². The van der Waals surface area contributed by atoms with Gasteiger partial charge in [-0.25, -0.2) is 9.78 Å². The first-order valence-corrected chi connectivity index (χ1v) is 9.13. The zero-order chi connectivity index (χ0) is 19.5. The molecule has 4 aromatic rings. The van der Waals surface area contributed by atoms with Crippen LogP contribution in [0.2, 0.25) is 10.0 Å². The molecular formula is C20H14Cl2N4O2. The van der Waals surface area contributed by atoms with Gasteiger partial charge in [0.25, 0.3) is 0 Å². The number of carbonyl (C=O) groups is 1. The number of halogens is 2. The highest BCUT2D eigenvalue weighted by Crippen LogP contribution is 2.23. The number of rotatable bonds is 5. The van der Waals surface area contributed by atoms with Crippen molar-refractivity contribution >= 4 is 45.8 Å². The lowest BCUT2D eigenvalue weighted by atomic mass is 10.1. The van der Waals surface area contributed by atoms with Crippen LogP contribution in [-0.4, -0.2) is 26.2 Å². The van der Waals surface area contributed by atoms with E-state index in [0.717, 1.165) is 10.9 Å². The van der Waals surface area contributed by atoms with Gasteiger partial charge >= 0.3 is 5.97 Å². The zero-order valence-electron chi connectivity index (χ0n) is 14.5. The lowest BCUT2D eigenvalue weighted by Gasteiger charge is -2.09. The summed E-state index contributed by atoms with van der Waals surface area (Å²) in [6, 6.07) is 14.3. The van der Waals surface area contributed by atoms with Crippen LogP contribution in [0, 0.1) is 0 Å². The van der Waals surface area contributed by atoms with Crippen LogP contribution in [-0.2, 0) is 11.4 Å². The first-order valence-electron chi connectivity index (χ1n) is 8.37. The van der Waals surface area contributed by atoms with Crippen molar-refractivity contribution in [3.63, 3.8) is 0 Å². The predicted octanol–water partition coefficient (Wildman–Crippen LogP) is 4.93. The van der Waals surface area contributed by atoms with Gasteiger partial charge in [0.05, 0.1) is 17.9 Å². The van der Waals surface area contributed by atoms with Crippen LogP contribution in [0.25, 0.3) is 10.9 Å². The molecule has 1 N–H and O–H groups in total. The number of aromatic amines is 1. The SMILES string of the molecule is O=C(O/N=C(\Cn1ccnc1)c1ccc(Cl)cc1Cl)c1cc2ccccc2[nH]1. The monoisotopic (exact) mass is 412 g/mol. The second-order valence-electron chi connectivity index (χ2n) is 6.05. The van der Waals surface area contributed by atoms with Gasteiger partial charge in [-0.3, -0.25) is 0 Å². The highest BCUT2D eigenvalue weighted by Gasteiger charge is 2.15. The van der Waals surface area contributed by atoms with Gasteiger partial charge in [0.15, 0.2) is 0 Å². The number of H-pyrrole nitrogens is 1. The van der Waals surface area contributed by atoms with Gasteiger partial charge in [-0.2, -0.15) is 0 Å². The standard InChI is InChI=1S/C20H14Cl2N4O2/c21-14-5-6-15(16(22)10-14)19(11-26-8-7-23-12-26)25-28-20(27)18-9-13-3-1-2-4-17(13)24-18/h1-10,12,24H,11H2/b25-19+. The molecule has 2 aromatic carbocycles. The summed E-state index contributed by atoms with van der Waals surface area (Å²) >= 11 is 12.3. The van der Waals surface area contributed by atoms with Crippen molar-refractivity contribution < 1.29 is 9.63 Å². The Morgan fingerprint density at radius 1 is 1.18 bits per heavy atom. The maximum atomic E-state index is 12.5. The molecule has 6 nitrogen and oxygen atoms in total. The number of oxime groups is 1. The minimum Gasteiger partial charge on any atom is -0.349 e. The lowest BCUT2D eigenvalue weighted by Crippen LogP contribution is -2.13. The van der Waals surface area contributed by atoms with Gasteiger partial charge in [0.2, 0.25) is 0 Å². The number of carbonyl (C=O) groups excluding carboxylic acids is 1. The van der Waals surface area contributed by atoms with Crippen molar-refractivity contribution in [1.29, 1.82) is 0 Å². The highest BCUT2D eigenvalue weighted by molar-refractivity contribution is 6.37. The van der Waals surface area contributed by atoms with Gasteiger partial charge in [0, 0.05) is 33.9 Å². The average molecular weight is 413 g/mol. The summed E-state index contributed by atoms with van der Waals surface area (Å²) in [5.74, 6) is -0.593.